The summed E-state index contributed by atoms with van der Waals surface area (Å²) in [4.78, 5) is 4.59. The van der Waals surface area contributed by atoms with Crippen LogP contribution in [-0.4, -0.2) is 9.38 Å². The largest absolute Gasteiger partial charge is 0.325 e. The van der Waals surface area contributed by atoms with Crippen LogP contribution < -0.4 is 5.73 Å². The molecule has 0 aliphatic carbocycles. The molecular formula is C14H11Cl2N3. The fourth-order valence-corrected chi connectivity index (χ4v) is 2.66. The van der Waals surface area contributed by atoms with Crippen molar-refractivity contribution in [3.63, 3.8) is 0 Å². The van der Waals surface area contributed by atoms with Crippen LogP contribution in [0.25, 0.3) is 16.9 Å². The smallest absolute Gasteiger partial charge is 0.156 e. The molecule has 3 rings (SSSR count). The molecule has 2 N–H and O–H groups in total. The van der Waals surface area contributed by atoms with Crippen LogP contribution in [0.5, 0.6) is 0 Å². The predicted molar refractivity (Wildman–Crippen MR) is 78.5 cm³/mol. The lowest BCUT2D eigenvalue weighted by molar-refractivity contribution is 0.962. The van der Waals surface area contributed by atoms with E-state index >= 15 is 0 Å². The number of aromatic nitrogens is 2. The monoisotopic (exact) mass is 291 g/mol. The highest BCUT2D eigenvalue weighted by Gasteiger charge is 2.15. The molecule has 0 bridgehead atoms. The van der Waals surface area contributed by atoms with Crippen molar-refractivity contribution >= 4 is 28.8 Å². The third-order valence-electron chi connectivity index (χ3n) is 2.98. The summed E-state index contributed by atoms with van der Waals surface area (Å²) < 4.78 is 1.85. The average molecular weight is 292 g/mol. The van der Waals surface area contributed by atoms with Gasteiger partial charge in [-0.15, -0.1) is 0 Å². The number of benzene rings is 1. The second-order valence-electron chi connectivity index (χ2n) is 4.18. The van der Waals surface area contributed by atoms with Gasteiger partial charge < -0.3 is 5.73 Å². The minimum atomic E-state index is 0.363. The molecule has 1 aromatic carbocycles. The van der Waals surface area contributed by atoms with Gasteiger partial charge in [0, 0.05) is 18.3 Å². The maximum atomic E-state index is 6.18. The Bertz CT molecular complexity index is 735. The number of nitrogens with two attached hydrogens (primary N) is 1. The fourth-order valence-electron chi connectivity index (χ4n) is 2.14. The summed E-state index contributed by atoms with van der Waals surface area (Å²) in [6, 6.07) is 11.6. The standard InChI is InChI=1S/C14H11Cl2N3/c15-10-6-11(16)14-18-13(9-4-2-1-3-5-9)12(7-17)19(14)8-10/h1-6,8H,7,17H2. The van der Waals surface area contributed by atoms with Gasteiger partial charge in [-0.1, -0.05) is 53.5 Å². The number of pyridine rings is 1. The van der Waals surface area contributed by atoms with Crippen LogP contribution in [0.4, 0.5) is 0 Å². The first kappa shape index (κ1) is 12.5. The van der Waals surface area contributed by atoms with E-state index in [-0.39, 0.29) is 0 Å². The quantitative estimate of drug-likeness (QED) is 0.781. The van der Waals surface area contributed by atoms with E-state index in [0.29, 0.717) is 22.2 Å². The minimum Gasteiger partial charge on any atom is -0.325 e. The number of fused-ring (bicyclic) bond motifs is 1. The summed E-state index contributed by atoms with van der Waals surface area (Å²) in [6.45, 7) is 0.363. The lowest BCUT2D eigenvalue weighted by Crippen LogP contribution is -2.02. The van der Waals surface area contributed by atoms with Gasteiger partial charge in [0.15, 0.2) is 5.65 Å². The second-order valence-corrected chi connectivity index (χ2v) is 5.02. The van der Waals surface area contributed by atoms with Gasteiger partial charge in [-0.05, 0) is 6.07 Å². The average Bonchev–Trinajstić information content (AvgIpc) is 2.78. The number of imidazole rings is 1. The summed E-state index contributed by atoms with van der Waals surface area (Å²) in [5.41, 5.74) is 9.27. The third-order valence-corrected chi connectivity index (χ3v) is 3.47. The highest BCUT2D eigenvalue weighted by Crippen LogP contribution is 2.29. The summed E-state index contributed by atoms with van der Waals surface area (Å²) >= 11 is 12.2. The second kappa shape index (κ2) is 4.85. The van der Waals surface area contributed by atoms with Crippen molar-refractivity contribution in [1.82, 2.24) is 9.38 Å². The lowest BCUT2D eigenvalue weighted by Gasteiger charge is -2.03. The summed E-state index contributed by atoms with van der Waals surface area (Å²) in [5.74, 6) is 0. The molecule has 0 saturated heterocycles. The molecule has 0 radical (unpaired) electrons. The molecule has 2 aromatic heterocycles. The SMILES string of the molecule is NCc1c(-c2ccccc2)nc2c(Cl)cc(Cl)cn12. The molecular weight excluding hydrogens is 281 g/mol. The maximum Gasteiger partial charge on any atom is 0.156 e. The van der Waals surface area contributed by atoms with Crippen LogP contribution in [-0.2, 0) is 6.54 Å². The predicted octanol–water partition coefficient (Wildman–Crippen LogP) is 3.77. The van der Waals surface area contributed by atoms with Crippen LogP contribution in [0.1, 0.15) is 5.69 Å². The molecule has 0 fully saturated rings. The van der Waals surface area contributed by atoms with Crippen LogP contribution in [0.15, 0.2) is 42.6 Å². The van der Waals surface area contributed by atoms with Gasteiger partial charge >= 0.3 is 0 Å². The molecule has 0 spiro atoms. The summed E-state index contributed by atoms with van der Waals surface area (Å²) in [5, 5.41) is 1.08. The Hall–Kier alpha value is -1.55. The molecule has 2 heterocycles. The Morgan fingerprint density at radius 2 is 1.89 bits per heavy atom. The third kappa shape index (κ3) is 2.10. The first-order valence-corrected chi connectivity index (χ1v) is 6.58. The number of hydrogen-bond acceptors (Lipinski definition) is 2. The Morgan fingerprint density at radius 3 is 2.58 bits per heavy atom. The van der Waals surface area contributed by atoms with E-state index in [1.54, 1.807) is 12.3 Å². The van der Waals surface area contributed by atoms with Crippen molar-refractivity contribution < 1.29 is 0 Å². The van der Waals surface area contributed by atoms with E-state index in [1.165, 1.54) is 0 Å². The lowest BCUT2D eigenvalue weighted by atomic mass is 10.1. The van der Waals surface area contributed by atoms with Crippen molar-refractivity contribution in [2.24, 2.45) is 5.73 Å². The van der Waals surface area contributed by atoms with E-state index in [9.17, 15) is 0 Å². The van der Waals surface area contributed by atoms with Gasteiger partial charge in [-0.3, -0.25) is 4.40 Å². The highest BCUT2D eigenvalue weighted by atomic mass is 35.5. The van der Waals surface area contributed by atoms with E-state index < -0.39 is 0 Å². The zero-order valence-electron chi connectivity index (χ0n) is 9.98. The van der Waals surface area contributed by atoms with E-state index in [0.717, 1.165) is 17.0 Å². The van der Waals surface area contributed by atoms with E-state index in [1.807, 2.05) is 34.7 Å². The molecule has 0 aliphatic heterocycles. The molecule has 96 valence electrons. The van der Waals surface area contributed by atoms with Gasteiger partial charge in [-0.2, -0.15) is 0 Å². The normalized spacial score (nSPS) is 11.1. The Morgan fingerprint density at radius 1 is 1.16 bits per heavy atom. The van der Waals surface area contributed by atoms with Crippen molar-refractivity contribution in [2.75, 3.05) is 0 Å². The number of rotatable bonds is 2. The number of hydrogen-bond donors (Lipinski definition) is 1. The van der Waals surface area contributed by atoms with Crippen molar-refractivity contribution in [2.45, 2.75) is 6.54 Å². The Balaban J connectivity index is 2.35. The van der Waals surface area contributed by atoms with Crippen LogP contribution in [0, 0.1) is 0 Å². The van der Waals surface area contributed by atoms with E-state index in [2.05, 4.69) is 4.98 Å². The molecule has 3 nitrogen and oxygen atoms in total. The van der Waals surface area contributed by atoms with E-state index in [4.69, 9.17) is 28.9 Å². The highest BCUT2D eigenvalue weighted by molar-refractivity contribution is 6.36. The van der Waals surface area contributed by atoms with Gasteiger partial charge in [0.05, 0.1) is 21.4 Å². The fraction of sp³-hybridized carbons (Fsp3) is 0.0714. The molecule has 3 aromatic rings. The van der Waals surface area contributed by atoms with Gasteiger partial charge in [-0.25, -0.2) is 4.98 Å². The molecule has 19 heavy (non-hydrogen) atoms. The van der Waals surface area contributed by atoms with Crippen LogP contribution >= 0.6 is 23.2 Å². The van der Waals surface area contributed by atoms with Gasteiger partial charge in [0.25, 0.3) is 0 Å². The number of nitrogens with zero attached hydrogens (tertiary/aromatic N) is 2. The summed E-state index contributed by atoms with van der Waals surface area (Å²) in [6.07, 6.45) is 1.78. The van der Waals surface area contributed by atoms with Crippen molar-refractivity contribution in [1.29, 1.82) is 0 Å². The minimum absolute atomic E-state index is 0.363. The van der Waals surface area contributed by atoms with Gasteiger partial charge in [0.2, 0.25) is 0 Å². The maximum absolute atomic E-state index is 6.18. The zero-order valence-corrected chi connectivity index (χ0v) is 11.5. The van der Waals surface area contributed by atoms with Crippen LogP contribution in [0.3, 0.4) is 0 Å². The molecule has 0 aliphatic rings. The summed E-state index contributed by atoms with van der Waals surface area (Å²) in [7, 11) is 0. The Kier molecular flexibility index (Phi) is 3.19. The molecule has 0 amide bonds. The van der Waals surface area contributed by atoms with Crippen molar-refractivity contribution in [3.05, 3.63) is 58.3 Å². The van der Waals surface area contributed by atoms with Crippen molar-refractivity contribution in [3.8, 4) is 11.3 Å². The Labute approximate surface area is 120 Å². The molecule has 5 heteroatoms. The van der Waals surface area contributed by atoms with Gasteiger partial charge in [0.1, 0.15) is 0 Å². The molecule has 0 saturated carbocycles. The van der Waals surface area contributed by atoms with Crippen LogP contribution in [0.2, 0.25) is 10.0 Å². The topological polar surface area (TPSA) is 43.3 Å². The zero-order chi connectivity index (χ0) is 13.4. The number of halogens is 2. The first-order chi connectivity index (χ1) is 9.20. The first-order valence-electron chi connectivity index (χ1n) is 5.82. The molecule has 0 unspecified atom stereocenters. The molecule has 0 atom stereocenters.